The smallest absolute Gasteiger partial charge is 0.409 e. The van der Waals surface area contributed by atoms with Gasteiger partial charge in [0.15, 0.2) is 6.30 Å². The number of carboxylic acid groups (broad SMARTS) is 1. The Morgan fingerprint density at radius 3 is 2.80 bits per heavy atom. The normalized spacial score (nSPS) is 13.4. The van der Waals surface area contributed by atoms with Crippen LogP contribution in [-0.2, 0) is 11.3 Å². The molecular formula is C18H23FN2O4. The second kappa shape index (κ2) is 9.17. The highest BCUT2D eigenvalue weighted by Crippen LogP contribution is 2.29. The van der Waals surface area contributed by atoms with E-state index in [-0.39, 0.29) is 13.0 Å². The molecule has 0 radical (unpaired) electrons. The van der Waals surface area contributed by atoms with Crippen molar-refractivity contribution in [1.29, 1.82) is 0 Å². The van der Waals surface area contributed by atoms with Crippen LogP contribution in [0, 0.1) is 0 Å². The van der Waals surface area contributed by atoms with E-state index in [4.69, 9.17) is 9.15 Å². The molecule has 0 bridgehead atoms. The van der Waals surface area contributed by atoms with Crippen molar-refractivity contribution in [2.45, 2.75) is 38.6 Å². The van der Waals surface area contributed by atoms with Crippen LogP contribution in [0.3, 0.4) is 0 Å². The van der Waals surface area contributed by atoms with Crippen LogP contribution in [0.4, 0.5) is 9.18 Å². The molecule has 0 fully saturated rings. The van der Waals surface area contributed by atoms with Crippen LogP contribution < -0.4 is 0 Å². The lowest BCUT2D eigenvalue weighted by Gasteiger charge is -2.27. The van der Waals surface area contributed by atoms with Crippen molar-refractivity contribution in [3.05, 3.63) is 53.7 Å². The summed E-state index contributed by atoms with van der Waals surface area (Å²) >= 11 is 0. The lowest BCUT2D eigenvalue weighted by Crippen LogP contribution is -2.40. The second-order valence-electron chi connectivity index (χ2n) is 5.71. The van der Waals surface area contributed by atoms with E-state index >= 15 is 0 Å². The molecule has 2 atom stereocenters. The third kappa shape index (κ3) is 4.79. The predicted molar refractivity (Wildman–Crippen MR) is 90.0 cm³/mol. The number of hydrogen-bond acceptors (Lipinski definition) is 4. The predicted octanol–water partition coefficient (Wildman–Crippen LogP) is 4.03. The zero-order valence-electron chi connectivity index (χ0n) is 14.4. The fourth-order valence-corrected chi connectivity index (χ4v) is 2.78. The number of nitrogens with zero attached hydrogens (tertiary/aromatic N) is 2. The highest BCUT2D eigenvalue weighted by molar-refractivity contribution is 5.65. The molecule has 0 aliphatic carbocycles. The third-order valence-corrected chi connectivity index (χ3v) is 3.97. The highest BCUT2D eigenvalue weighted by atomic mass is 19.1. The molecule has 1 amide bonds. The van der Waals surface area contributed by atoms with Crippen molar-refractivity contribution >= 4 is 6.09 Å². The third-order valence-electron chi connectivity index (χ3n) is 3.97. The molecule has 136 valence electrons. The molecule has 0 spiro atoms. The quantitative estimate of drug-likeness (QED) is 0.691. The molecule has 6 nitrogen and oxygen atoms in total. The van der Waals surface area contributed by atoms with Gasteiger partial charge in [-0.05, 0) is 17.5 Å². The van der Waals surface area contributed by atoms with Crippen LogP contribution in [-0.4, -0.2) is 41.0 Å². The van der Waals surface area contributed by atoms with Crippen molar-refractivity contribution in [2.24, 2.45) is 0 Å². The fourth-order valence-electron chi connectivity index (χ4n) is 2.78. The fraction of sp³-hybridized carbons (Fsp3) is 0.444. The molecule has 2 rings (SSSR count). The summed E-state index contributed by atoms with van der Waals surface area (Å²) < 4.78 is 25.0. The van der Waals surface area contributed by atoms with E-state index in [1.165, 1.54) is 12.5 Å². The number of methoxy groups -OCH3 is 1. The van der Waals surface area contributed by atoms with Crippen LogP contribution in [0.5, 0.6) is 0 Å². The topological polar surface area (TPSA) is 75.8 Å². The molecule has 0 aliphatic heterocycles. The van der Waals surface area contributed by atoms with Gasteiger partial charge in [-0.25, -0.2) is 14.2 Å². The Bertz CT molecular complexity index is 663. The van der Waals surface area contributed by atoms with E-state index in [0.717, 1.165) is 16.0 Å². The molecule has 7 heteroatoms. The molecule has 1 heterocycles. The number of oxazole rings is 1. The minimum Gasteiger partial charge on any atom is -0.465 e. The van der Waals surface area contributed by atoms with E-state index in [0.29, 0.717) is 18.9 Å². The van der Waals surface area contributed by atoms with Gasteiger partial charge in [-0.2, -0.15) is 0 Å². The lowest BCUT2D eigenvalue weighted by molar-refractivity contribution is 0.0629. The summed E-state index contributed by atoms with van der Waals surface area (Å²) in [6.45, 7) is 2.08. The maximum atomic E-state index is 14.4. The van der Waals surface area contributed by atoms with Gasteiger partial charge < -0.3 is 14.3 Å². The van der Waals surface area contributed by atoms with Gasteiger partial charge in [0.25, 0.3) is 0 Å². The molecule has 0 saturated carbocycles. The first kappa shape index (κ1) is 18.9. The number of benzene rings is 1. The molecule has 2 aromatic rings. The minimum atomic E-state index is -1.57. The number of carbonyl (C=O) groups is 1. The number of hydrogen-bond donors (Lipinski definition) is 1. The summed E-state index contributed by atoms with van der Waals surface area (Å²) in [6, 6.07) is 7.46. The van der Waals surface area contributed by atoms with E-state index in [2.05, 4.69) is 4.98 Å². The second-order valence-corrected chi connectivity index (χ2v) is 5.71. The molecule has 1 aromatic carbocycles. The lowest BCUT2D eigenvalue weighted by atomic mass is 9.93. The van der Waals surface area contributed by atoms with Crippen molar-refractivity contribution in [3.63, 3.8) is 0 Å². The first-order valence-corrected chi connectivity index (χ1v) is 8.18. The van der Waals surface area contributed by atoms with Gasteiger partial charge in [-0.1, -0.05) is 37.6 Å². The molecule has 0 aliphatic rings. The molecule has 25 heavy (non-hydrogen) atoms. The first-order chi connectivity index (χ1) is 12.1. The average molecular weight is 350 g/mol. The van der Waals surface area contributed by atoms with Gasteiger partial charge in [0.1, 0.15) is 6.26 Å². The summed E-state index contributed by atoms with van der Waals surface area (Å²) in [4.78, 5) is 16.5. The van der Waals surface area contributed by atoms with E-state index in [1.807, 2.05) is 31.2 Å². The summed E-state index contributed by atoms with van der Waals surface area (Å²) in [7, 11) is 1.58. The average Bonchev–Trinajstić information content (AvgIpc) is 3.11. The summed E-state index contributed by atoms with van der Waals surface area (Å²) in [5, 5.41) is 9.45. The Hall–Kier alpha value is -2.41. The van der Waals surface area contributed by atoms with Crippen LogP contribution in [0.1, 0.15) is 42.7 Å². The molecule has 1 N–H and O–H groups in total. The zero-order chi connectivity index (χ0) is 18.2. The number of rotatable bonds is 9. The Morgan fingerprint density at radius 2 is 2.20 bits per heavy atom. The van der Waals surface area contributed by atoms with Gasteiger partial charge in [0, 0.05) is 13.7 Å². The number of amides is 1. The summed E-state index contributed by atoms with van der Waals surface area (Å²) in [5.74, 6) is -0.175. The number of aromatic nitrogens is 1. The van der Waals surface area contributed by atoms with E-state index in [1.54, 1.807) is 7.11 Å². The largest absolute Gasteiger partial charge is 0.465 e. The monoisotopic (exact) mass is 350 g/mol. The number of ether oxygens (including phenoxy) is 1. The van der Waals surface area contributed by atoms with Crippen LogP contribution in [0.25, 0.3) is 0 Å². The molecule has 1 aromatic heterocycles. The van der Waals surface area contributed by atoms with Crippen LogP contribution in [0.15, 0.2) is 41.1 Å². The Kier molecular flexibility index (Phi) is 6.94. The highest BCUT2D eigenvalue weighted by Gasteiger charge is 2.30. The zero-order valence-corrected chi connectivity index (χ0v) is 14.4. The number of alkyl halides is 1. The summed E-state index contributed by atoms with van der Waals surface area (Å²) in [5.41, 5.74) is 1.69. The first-order valence-electron chi connectivity index (χ1n) is 8.18. The Balaban J connectivity index is 2.39. The van der Waals surface area contributed by atoms with Crippen LogP contribution >= 0.6 is 0 Å². The maximum absolute atomic E-state index is 14.4. The van der Waals surface area contributed by atoms with Gasteiger partial charge in [0.05, 0.1) is 18.7 Å². The Labute approximate surface area is 146 Å². The maximum Gasteiger partial charge on any atom is 0.409 e. The molecule has 2 unspecified atom stereocenters. The van der Waals surface area contributed by atoms with Crippen molar-refractivity contribution in [2.75, 3.05) is 13.7 Å². The molecular weight excluding hydrogens is 327 g/mol. The summed E-state index contributed by atoms with van der Waals surface area (Å²) in [6.07, 6.45) is 0.729. The van der Waals surface area contributed by atoms with Gasteiger partial charge in [-0.15, -0.1) is 0 Å². The minimum absolute atomic E-state index is 0.0856. The van der Waals surface area contributed by atoms with E-state index < -0.39 is 18.3 Å². The number of halogens is 1. The molecule has 0 saturated heterocycles. The van der Waals surface area contributed by atoms with Gasteiger partial charge in [-0.3, -0.25) is 4.90 Å². The van der Waals surface area contributed by atoms with Crippen molar-refractivity contribution < 1.29 is 23.4 Å². The van der Waals surface area contributed by atoms with E-state index in [9.17, 15) is 14.3 Å². The van der Waals surface area contributed by atoms with Crippen LogP contribution in [0.2, 0.25) is 0 Å². The van der Waals surface area contributed by atoms with Gasteiger partial charge in [0.2, 0.25) is 5.89 Å². The van der Waals surface area contributed by atoms with Gasteiger partial charge >= 0.3 is 6.09 Å². The standard InChI is InChI=1S/C18H23FN2O4/c1-3-6-16(19)21(18(22)23)11-15(17-20-9-10-25-17)14-8-5-4-7-13(14)12-24-2/h4-5,7-10,15-16H,3,6,11-12H2,1-2H3,(H,22,23). The SMILES string of the molecule is CCCC(F)N(CC(c1ncco1)c1ccccc1COC)C(=O)O. The Morgan fingerprint density at radius 1 is 1.44 bits per heavy atom. The van der Waals surface area contributed by atoms with Crippen molar-refractivity contribution in [1.82, 2.24) is 9.88 Å². The van der Waals surface area contributed by atoms with Crippen molar-refractivity contribution in [3.8, 4) is 0 Å².